The summed E-state index contributed by atoms with van der Waals surface area (Å²) in [4.78, 5) is 8.82. The predicted octanol–water partition coefficient (Wildman–Crippen LogP) is 3.02. The lowest BCUT2D eigenvalue weighted by Crippen LogP contribution is -2.06. The molecular weight excluding hydrogens is 380 g/mol. The van der Waals surface area contributed by atoms with E-state index in [4.69, 9.17) is 4.74 Å². The molecule has 148 valence electrons. The Morgan fingerprint density at radius 3 is 2.46 bits per heavy atom. The number of sulfone groups is 1. The molecule has 1 aromatic carbocycles. The zero-order chi connectivity index (χ0) is 20.5. The van der Waals surface area contributed by atoms with Crippen LogP contribution in [0.5, 0.6) is 5.75 Å². The number of ether oxygens (including phenoxy) is 1. The SMILES string of the molecule is COc1cc(Nc2nccc(Nc3n[nH]c(C)c3C)n2)c(C)c(S(C)(=O)=O)c1. The van der Waals surface area contributed by atoms with Gasteiger partial charge in [-0.1, -0.05) is 0 Å². The van der Waals surface area contributed by atoms with E-state index in [1.807, 2.05) is 13.8 Å². The van der Waals surface area contributed by atoms with E-state index in [1.165, 1.54) is 13.2 Å². The molecule has 0 spiro atoms. The van der Waals surface area contributed by atoms with Gasteiger partial charge in [-0.15, -0.1) is 0 Å². The number of hydrogen-bond donors (Lipinski definition) is 3. The van der Waals surface area contributed by atoms with Crippen molar-refractivity contribution in [1.29, 1.82) is 0 Å². The van der Waals surface area contributed by atoms with Gasteiger partial charge in [0.2, 0.25) is 5.95 Å². The van der Waals surface area contributed by atoms with Gasteiger partial charge in [0.25, 0.3) is 0 Å². The lowest BCUT2D eigenvalue weighted by atomic mass is 10.2. The van der Waals surface area contributed by atoms with Gasteiger partial charge in [-0.3, -0.25) is 5.10 Å². The van der Waals surface area contributed by atoms with Gasteiger partial charge in [-0.25, -0.2) is 13.4 Å². The number of methoxy groups -OCH3 is 1. The van der Waals surface area contributed by atoms with Crippen LogP contribution in [0.25, 0.3) is 0 Å². The molecule has 0 saturated carbocycles. The van der Waals surface area contributed by atoms with E-state index in [0.29, 0.717) is 34.6 Å². The van der Waals surface area contributed by atoms with Crippen molar-refractivity contribution in [3.05, 3.63) is 41.2 Å². The maximum Gasteiger partial charge on any atom is 0.229 e. The van der Waals surface area contributed by atoms with Crippen LogP contribution < -0.4 is 15.4 Å². The number of H-pyrrole nitrogens is 1. The van der Waals surface area contributed by atoms with Gasteiger partial charge in [-0.2, -0.15) is 10.1 Å². The Morgan fingerprint density at radius 2 is 1.86 bits per heavy atom. The molecule has 3 rings (SSSR count). The molecule has 0 unspecified atom stereocenters. The summed E-state index contributed by atoms with van der Waals surface area (Å²) < 4.78 is 29.4. The smallest absolute Gasteiger partial charge is 0.229 e. The van der Waals surface area contributed by atoms with Crippen LogP contribution in [-0.4, -0.2) is 41.9 Å². The molecule has 0 aliphatic rings. The summed E-state index contributed by atoms with van der Waals surface area (Å²) in [6.07, 6.45) is 2.76. The number of nitrogens with zero attached hydrogens (tertiary/aromatic N) is 3. The molecule has 2 heterocycles. The van der Waals surface area contributed by atoms with Crippen LogP contribution in [0.2, 0.25) is 0 Å². The molecule has 0 saturated heterocycles. The van der Waals surface area contributed by atoms with Crippen LogP contribution >= 0.6 is 0 Å². The van der Waals surface area contributed by atoms with Crippen LogP contribution in [0, 0.1) is 20.8 Å². The number of anilines is 4. The molecule has 0 bridgehead atoms. The normalized spacial score (nSPS) is 11.3. The summed E-state index contributed by atoms with van der Waals surface area (Å²) in [5.74, 6) is 1.96. The molecule has 28 heavy (non-hydrogen) atoms. The third-order valence-corrected chi connectivity index (χ3v) is 5.59. The van der Waals surface area contributed by atoms with Crippen molar-refractivity contribution < 1.29 is 13.2 Å². The molecule has 0 aliphatic heterocycles. The average Bonchev–Trinajstić information content (AvgIpc) is 2.95. The molecule has 2 aromatic heterocycles. The van der Waals surface area contributed by atoms with Crippen molar-refractivity contribution >= 4 is 33.1 Å². The van der Waals surface area contributed by atoms with E-state index in [-0.39, 0.29) is 4.90 Å². The second-order valence-electron chi connectivity index (χ2n) is 6.41. The lowest BCUT2D eigenvalue weighted by molar-refractivity contribution is 0.413. The molecule has 0 aliphatic carbocycles. The van der Waals surface area contributed by atoms with Crippen molar-refractivity contribution in [2.75, 3.05) is 24.0 Å². The molecule has 0 fully saturated rings. The van der Waals surface area contributed by atoms with Crippen molar-refractivity contribution in [2.45, 2.75) is 25.7 Å². The monoisotopic (exact) mass is 402 g/mol. The number of hydrogen-bond acceptors (Lipinski definition) is 8. The first kappa shape index (κ1) is 19.6. The first-order valence-corrected chi connectivity index (χ1v) is 10.4. The van der Waals surface area contributed by atoms with Crippen molar-refractivity contribution in [2.24, 2.45) is 0 Å². The van der Waals surface area contributed by atoms with Crippen LogP contribution in [-0.2, 0) is 9.84 Å². The Bertz CT molecular complexity index is 1120. The van der Waals surface area contributed by atoms with Crippen molar-refractivity contribution in [3.8, 4) is 5.75 Å². The Labute approximate surface area is 163 Å². The minimum Gasteiger partial charge on any atom is -0.497 e. The Morgan fingerprint density at radius 1 is 1.11 bits per heavy atom. The zero-order valence-corrected chi connectivity index (χ0v) is 17.1. The summed E-state index contributed by atoms with van der Waals surface area (Å²) >= 11 is 0. The Kier molecular flexibility index (Phi) is 5.23. The van der Waals surface area contributed by atoms with E-state index in [9.17, 15) is 8.42 Å². The topological polar surface area (TPSA) is 122 Å². The Balaban J connectivity index is 1.93. The van der Waals surface area contributed by atoms with E-state index >= 15 is 0 Å². The first-order chi connectivity index (χ1) is 13.2. The summed E-state index contributed by atoms with van der Waals surface area (Å²) in [5, 5.41) is 13.3. The second-order valence-corrected chi connectivity index (χ2v) is 8.39. The highest BCUT2D eigenvalue weighted by Crippen LogP contribution is 2.31. The van der Waals surface area contributed by atoms with Crippen LogP contribution in [0.3, 0.4) is 0 Å². The molecule has 0 radical (unpaired) electrons. The number of aromatic nitrogens is 4. The molecule has 10 heteroatoms. The molecule has 0 atom stereocenters. The average molecular weight is 402 g/mol. The fourth-order valence-electron chi connectivity index (χ4n) is 2.63. The van der Waals surface area contributed by atoms with E-state index < -0.39 is 9.84 Å². The van der Waals surface area contributed by atoms with Crippen LogP contribution in [0.15, 0.2) is 29.3 Å². The minimum atomic E-state index is -3.42. The summed E-state index contributed by atoms with van der Waals surface area (Å²) in [7, 11) is -1.94. The van der Waals surface area contributed by atoms with Gasteiger partial charge >= 0.3 is 0 Å². The molecule has 3 aromatic rings. The zero-order valence-electron chi connectivity index (χ0n) is 16.3. The van der Waals surface area contributed by atoms with E-state index in [1.54, 1.807) is 25.3 Å². The highest BCUT2D eigenvalue weighted by atomic mass is 32.2. The first-order valence-electron chi connectivity index (χ1n) is 8.46. The maximum absolute atomic E-state index is 12.1. The van der Waals surface area contributed by atoms with Crippen LogP contribution in [0.1, 0.15) is 16.8 Å². The summed E-state index contributed by atoms with van der Waals surface area (Å²) in [6, 6.07) is 4.92. The summed E-state index contributed by atoms with van der Waals surface area (Å²) in [6.45, 7) is 5.61. The highest BCUT2D eigenvalue weighted by Gasteiger charge is 2.17. The highest BCUT2D eigenvalue weighted by molar-refractivity contribution is 7.90. The fraction of sp³-hybridized carbons (Fsp3) is 0.278. The predicted molar refractivity (Wildman–Crippen MR) is 107 cm³/mol. The largest absolute Gasteiger partial charge is 0.497 e. The van der Waals surface area contributed by atoms with Crippen LogP contribution in [0.4, 0.5) is 23.3 Å². The van der Waals surface area contributed by atoms with E-state index in [2.05, 4.69) is 30.8 Å². The number of nitrogens with one attached hydrogen (secondary N) is 3. The summed E-state index contributed by atoms with van der Waals surface area (Å²) in [5.41, 5.74) is 3.07. The van der Waals surface area contributed by atoms with Crippen molar-refractivity contribution in [3.63, 3.8) is 0 Å². The molecular formula is C18H22N6O3S. The quantitative estimate of drug-likeness (QED) is 0.575. The third kappa shape index (κ3) is 4.06. The standard InChI is InChI=1S/C18H22N6O3S/c1-10-12(3)23-24-17(10)21-16-6-7-19-18(22-16)20-14-8-13(27-4)9-15(11(14)2)28(5,25)26/h6-9H,1-5H3,(H3,19,20,21,22,23,24). The number of aromatic amines is 1. The van der Waals surface area contributed by atoms with Gasteiger partial charge in [0.15, 0.2) is 15.7 Å². The van der Waals surface area contributed by atoms with Gasteiger partial charge in [0.05, 0.1) is 12.0 Å². The van der Waals surface area contributed by atoms with Gasteiger partial charge < -0.3 is 15.4 Å². The maximum atomic E-state index is 12.1. The third-order valence-electron chi connectivity index (χ3n) is 4.37. The van der Waals surface area contributed by atoms with Gasteiger partial charge in [0, 0.05) is 35.5 Å². The number of aryl methyl sites for hydroxylation is 1. The van der Waals surface area contributed by atoms with E-state index in [0.717, 1.165) is 17.5 Å². The van der Waals surface area contributed by atoms with Gasteiger partial charge in [0.1, 0.15) is 11.6 Å². The second kappa shape index (κ2) is 7.47. The fourth-order valence-corrected chi connectivity index (χ4v) is 3.63. The van der Waals surface area contributed by atoms with Crippen molar-refractivity contribution in [1.82, 2.24) is 20.2 Å². The number of benzene rings is 1. The Hall–Kier alpha value is -3.14. The number of rotatable bonds is 6. The lowest BCUT2D eigenvalue weighted by Gasteiger charge is -2.14. The van der Waals surface area contributed by atoms with Gasteiger partial charge in [-0.05, 0) is 38.5 Å². The minimum absolute atomic E-state index is 0.186. The molecule has 9 nitrogen and oxygen atoms in total. The molecule has 3 N–H and O–H groups in total. The molecule has 0 amide bonds.